The number of hydrogen-bond acceptors (Lipinski definition) is 3. The van der Waals surface area contributed by atoms with Gasteiger partial charge in [0.05, 0.1) is 0 Å². The lowest BCUT2D eigenvalue weighted by Crippen LogP contribution is -2.09. The predicted molar refractivity (Wildman–Crippen MR) is 63.6 cm³/mol. The lowest BCUT2D eigenvalue weighted by molar-refractivity contribution is -0.109. The van der Waals surface area contributed by atoms with E-state index in [1.807, 2.05) is 37.3 Å². The second-order valence-electron chi connectivity index (χ2n) is 3.07. The fourth-order valence-corrected chi connectivity index (χ4v) is 1.29. The Morgan fingerprint density at radius 1 is 1.50 bits per heavy atom. The third-order valence-corrected chi connectivity index (χ3v) is 2.05. The van der Waals surface area contributed by atoms with Crippen LogP contribution in [0.5, 0.6) is 0 Å². The van der Waals surface area contributed by atoms with E-state index in [-0.39, 0.29) is 0 Å². The molecule has 4 heteroatoms. The molecule has 0 aliphatic rings. The first-order valence-corrected chi connectivity index (χ1v) is 4.87. The lowest BCUT2D eigenvalue weighted by atomic mass is 10.1. The van der Waals surface area contributed by atoms with Crippen molar-refractivity contribution >= 4 is 18.9 Å². The van der Waals surface area contributed by atoms with Crippen molar-refractivity contribution in [2.75, 3.05) is 0 Å². The standard InChI is InChI=1S/C12H14N2O2/c1-3-12(16-13-2)11-6-4-10(5-7-11)8-14-9-15/h3-7,9H,2,8H2,1H3,(H,14,15)/b12-3-. The highest BCUT2D eigenvalue weighted by Crippen LogP contribution is 2.16. The van der Waals surface area contributed by atoms with Crippen molar-refractivity contribution in [1.82, 2.24) is 5.32 Å². The maximum atomic E-state index is 10.1. The van der Waals surface area contributed by atoms with E-state index < -0.39 is 0 Å². The maximum absolute atomic E-state index is 10.1. The zero-order chi connectivity index (χ0) is 11.8. The molecule has 0 heterocycles. The van der Waals surface area contributed by atoms with Crippen LogP contribution in [0.1, 0.15) is 18.1 Å². The number of rotatable bonds is 6. The van der Waals surface area contributed by atoms with Crippen LogP contribution in [0.4, 0.5) is 0 Å². The van der Waals surface area contributed by atoms with Crippen LogP contribution < -0.4 is 5.32 Å². The van der Waals surface area contributed by atoms with Crippen molar-refractivity contribution in [3.63, 3.8) is 0 Å². The maximum Gasteiger partial charge on any atom is 0.207 e. The van der Waals surface area contributed by atoms with Gasteiger partial charge in [0.1, 0.15) is 0 Å². The second-order valence-corrected chi connectivity index (χ2v) is 3.07. The minimum atomic E-state index is 0.523. The van der Waals surface area contributed by atoms with Crippen molar-refractivity contribution in [3.8, 4) is 0 Å². The fourth-order valence-electron chi connectivity index (χ4n) is 1.29. The van der Waals surface area contributed by atoms with Crippen LogP contribution in [0.25, 0.3) is 5.76 Å². The first kappa shape index (κ1) is 12.0. The molecule has 84 valence electrons. The van der Waals surface area contributed by atoms with E-state index >= 15 is 0 Å². The number of allylic oxidation sites excluding steroid dienone is 1. The Balaban J connectivity index is 2.76. The van der Waals surface area contributed by atoms with Gasteiger partial charge in [0, 0.05) is 18.8 Å². The summed E-state index contributed by atoms with van der Waals surface area (Å²) in [6.07, 6.45) is 2.49. The second kappa shape index (κ2) is 6.40. The molecule has 0 aliphatic heterocycles. The summed E-state index contributed by atoms with van der Waals surface area (Å²) in [6, 6.07) is 7.65. The van der Waals surface area contributed by atoms with E-state index in [1.165, 1.54) is 0 Å². The van der Waals surface area contributed by atoms with Gasteiger partial charge in [-0.15, -0.1) is 0 Å². The summed E-state index contributed by atoms with van der Waals surface area (Å²) >= 11 is 0. The quantitative estimate of drug-likeness (QED) is 0.343. The normalized spacial score (nSPS) is 10.7. The molecule has 1 rings (SSSR count). The van der Waals surface area contributed by atoms with E-state index in [4.69, 9.17) is 4.84 Å². The highest BCUT2D eigenvalue weighted by Gasteiger charge is 2.01. The molecule has 1 aromatic rings. The summed E-state index contributed by atoms with van der Waals surface area (Å²) in [6.45, 7) is 5.66. The largest absolute Gasteiger partial charge is 0.357 e. The Labute approximate surface area is 94.6 Å². The first-order valence-electron chi connectivity index (χ1n) is 4.87. The topological polar surface area (TPSA) is 50.7 Å². The van der Waals surface area contributed by atoms with E-state index in [9.17, 15) is 4.79 Å². The average molecular weight is 218 g/mol. The fraction of sp³-hybridized carbons (Fsp3) is 0.167. The summed E-state index contributed by atoms with van der Waals surface area (Å²) in [4.78, 5) is 15.1. The van der Waals surface area contributed by atoms with Gasteiger partial charge in [0.2, 0.25) is 6.41 Å². The smallest absolute Gasteiger partial charge is 0.207 e. The average Bonchev–Trinajstić information content (AvgIpc) is 2.34. The van der Waals surface area contributed by atoms with Gasteiger partial charge in [-0.2, -0.15) is 0 Å². The Morgan fingerprint density at radius 3 is 2.69 bits per heavy atom. The minimum absolute atomic E-state index is 0.523. The number of nitrogens with one attached hydrogen (secondary N) is 1. The molecule has 4 nitrogen and oxygen atoms in total. The number of carbonyl (C=O) groups is 1. The van der Waals surface area contributed by atoms with Crippen LogP contribution in [0.3, 0.4) is 0 Å². The predicted octanol–water partition coefficient (Wildman–Crippen LogP) is 1.93. The molecule has 0 atom stereocenters. The molecular formula is C12H14N2O2. The molecule has 1 amide bonds. The van der Waals surface area contributed by atoms with Gasteiger partial charge in [-0.3, -0.25) is 4.79 Å². The van der Waals surface area contributed by atoms with Gasteiger partial charge >= 0.3 is 0 Å². The van der Waals surface area contributed by atoms with Crippen LogP contribution >= 0.6 is 0 Å². The van der Waals surface area contributed by atoms with E-state index in [1.54, 1.807) is 0 Å². The Bertz CT molecular complexity index is 383. The molecule has 16 heavy (non-hydrogen) atoms. The number of amides is 1. The molecule has 0 saturated carbocycles. The zero-order valence-electron chi connectivity index (χ0n) is 9.14. The highest BCUT2D eigenvalue weighted by atomic mass is 16.6. The summed E-state index contributed by atoms with van der Waals surface area (Å²) in [7, 11) is 0. The Morgan fingerprint density at radius 2 is 2.19 bits per heavy atom. The van der Waals surface area contributed by atoms with Gasteiger partial charge in [-0.1, -0.05) is 29.4 Å². The van der Waals surface area contributed by atoms with Crippen molar-refractivity contribution < 1.29 is 9.63 Å². The number of hydrogen-bond donors (Lipinski definition) is 1. The number of carbonyl (C=O) groups excluding carboxylic acids is 1. The number of benzene rings is 1. The summed E-state index contributed by atoms with van der Waals surface area (Å²) < 4.78 is 0. The number of nitrogens with zero attached hydrogens (tertiary/aromatic N) is 1. The molecule has 0 fully saturated rings. The van der Waals surface area contributed by atoms with E-state index in [0.717, 1.165) is 11.1 Å². The molecular weight excluding hydrogens is 204 g/mol. The van der Waals surface area contributed by atoms with E-state index in [0.29, 0.717) is 18.7 Å². The molecule has 0 bridgehead atoms. The SMILES string of the molecule is C=NO/C(=C\C)c1ccc(CNC=O)cc1. The molecule has 1 N–H and O–H groups in total. The van der Waals surface area contributed by atoms with Crippen LogP contribution in [0.2, 0.25) is 0 Å². The van der Waals surface area contributed by atoms with Crippen molar-refractivity contribution in [3.05, 3.63) is 41.5 Å². The van der Waals surface area contributed by atoms with Crippen LogP contribution in [-0.2, 0) is 16.2 Å². The van der Waals surface area contributed by atoms with Crippen LogP contribution in [0, 0.1) is 0 Å². The third-order valence-electron chi connectivity index (χ3n) is 2.05. The Hall–Kier alpha value is -2.10. The number of oxime groups is 1. The lowest BCUT2D eigenvalue weighted by Gasteiger charge is -2.05. The minimum Gasteiger partial charge on any atom is -0.357 e. The van der Waals surface area contributed by atoms with Crippen LogP contribution in [-0.4, -0.2) is 13.1 Å². The highest BCUT2D eigenvalue weighted by molar-refractivity contribution is 5.59. The van der Waals surface area contributed by atoms with E-state index in [2.05, 4.69) is 17.2 Å². The van der Waals surface area contributed by atoms with Gasteiger partial charge < -0.3 is 10.2 Å². The monoisotopic (exact) mass is 218 g/mol. The molecule has 0 radical (unpaired) electrons. The summed E-state index contributed by atoms with van der Waals surface area (Å²) in [5.41, 5.74) is 1.95. The molecule has 0 aromatic heterocycles. The van der Waals surface area contributed by atoms with Crippen LogP contribution in [0.15, 0.2) is 35.5 Å². The zero-order valence-corrected chi connectivity index (χ0v) is 9.14. The van der Waals surface area contributed by atoms with Crippen molar-refractivity contribution in [2.45, 2.75) is 13.5 Å². The summed E-state index contributed by atoms with van der Waals surface area (Å²) in [5, 5.41) is 5.98. The first-order chi connectivity index (χ1) is 7.81. The molecule has 0 spiro atoms. The van der Waals surface area contributed by atoms with Gasteiger partial charge in [0.25, 0.3) is 0 Å². The molecule has 0 saturated heterocycles. The molecule has 0 unspecified atom stereocenters. The van der Waals surface area contributed by atoms with Gasteiger partial charge in [0.15, 0.2) is 5.76 Å². The molecule has 1 aromatic carbocycles. The van der Waals surface area contributed by atoms with Gasteiger partial charge in [-0.05, 0) is 18.6 Å². The van der Waals surface area contributed by atoms with Crippen molar-refractivity contribution in [1.29, 1.82) is 0 Å². The van der Waals surface area contributed by atoms with Gasteiger partial charge in [-0.25, -0.2) is 0 Å². The van der Waals surface area contributed by atoms with Crippen molar-refractivity contribution in [2.24, 2.45) is 5.16 Å². The Kier molecular flexibility index (Phi) is 4.79. The third kappa shape index (κ3) is 3.24. The summed E-state index contributed by atoms with van der Waals surface area (Å²) in [5.74, 6) is 0.657. The molecule has 0 aliphatic carbocycles.